The zero-order valence-corrected chi connectivity index (χ0v) is 10.2. The van der Waals surface area contributed by atoms with Gasteiger partial charge in [-0.1, -0.05) is 6.08 Å². The lowest BCUT2D eigenvalue weighted by Crippen LogP contribution is -2.33. The summed E-state index contributed by atoms with van der Waals surface area (Å²) in [5.74, 6) is 0. The number of hydrogen-bond acceptors (Lipinski definition) is 4. The van der Waals surface area contributed by atoms with Crippen molar-refractivity contribution in [1.29, 1.82) is 0 Å². The number of nitrogens with zero attached hydrogens (tertiary/aromatic N) is 1. The van der Waals surface area contributed by atoms with Crippen LogP contribution in [0.2, 0.25) is 0 Å². The summed E-state index contributed by atoms with van der Waals surface area (Å²) in [6.45, 7) is -0.137. The van der Waals surface area contributed by atoms with Crippen molar-refractivity contribution in [2.45, 2.75) is 12.3 Å². The van der Waals surface area contributed by atoms with Gasteiger partial charge >= 0.3 is 5.69 Å². The Kier molecular flexibility index (Phi) is 3.26. The Labute approximate surface area is 104 Å². The molecule has 0 amide bonds. The van der Waals surface area contributed by atoms with Crippen molar-refractivity contribution in [3.05, 3.63) is 42.8 Å². The van der Waals surface area contributed by atoms with Crippen LogP contribution in [0.1, 0.15) is 6.23 Å². The standard InChI is InChI=1S/C9H9IN2O4/c10-6-3-12(9(15)11-8(6)14)7-2-1-5(4-13)16-7/h1-3,5,7,13H,4H2,(H,11,14,15)/t5-,7?/m0/s1. The second-order valence-corrected chi connectivity index (χ2v) is 4.44. The number of ether oxygens (including phenoxy) is 1. The Morgan fingerprint density at radius 3 is 2.88 bits per heavy atom. The van der Waals surface area contributed by atoms with Crippen LogP contribution in [0.15, 0.2) is 27.9 Å². The Bertz CT molecular complexity index is 533. The van der Waals surface area contributed by atoms with Crippen LogP contribution in [0, 0.1) is 3.57 Å². The molecule has 0 spiro atoms. The first kappa shape index (κ1) is 11.6. The highest BCUT2D eigenvalue weighted by atomic mass is 127. The van der Waals surface area contributed by atoms with E-state index in [1.807, 2.05) is 22.6 Å². The molecule has 7 heteroatoms. The van der Waals surface area contributed by atoms with Gasteiger partial charge in [0.05, 0.1) is 10.2 Å². The van der Waals surface area contributed by atoms with Crippen molar-refractivity contribution in [3.63, 3.8) is 0 Å². The van der Waals surface area contributed by atoms with Crippen molar-refractivity contribution < 1.29 is 9.84 Å². The molecule has 0 aliphatic carbocycles. The van der Waals surface area contributed by atoms with E-state index in [-0.39, 0.29) is 6.61 Å². The molecule has 1 aliphatic heterocycles. The molecule has 0 aromatic carbocycles. The molecule has 2 heterocycles. The number of hydrogen-bond donors (Lipinski definition) is 2. The van der Waals surface area contributed by atoms with E-state index in [9.17, 15) is 9.59 Å². The number of aromatic amines is 1. The van der Waals surface area contributed by atoms with Crippen LogP contribution in [0.5, 0.6) is 0 Å². The van der Waals surface area contributed by atoms with Gasteiger partial charge in [-0.3, -0.25) is 14.3 Å². The smallest absolute Gasteiger partial charge is 0.330 e. The van der Waals surface area contributed by atoms with Gasteiger partial charge in [0.2, 0.25) is 0 Å². The first-order chi connectivity index (χ1) is 7.61. The van der Waals surface area contributed by atoms with Crippen LogP contribution >= 0.6 is 22.6 Å². The molecule has 2 rings (SSSR count). The molecule has 1 unspecified atom stereocenters. The molecule has 0 radical (unpaired) electrons. The molecular formula is C9H9IN2O4. The van der Waals surface area contributed by atoms with Crippen LogP contribution in [-0.4, -0.2) is 27.4 Å². The van der Waals surface area contributed by atoms with E-state index in [4.69, 9.17) is 9.84 Å². The topological polar surface area (TPSA) is 84.3 Å². The van der Waals surface area contributed by atoms with Gasteiger partial charge in [-0.25, -0.2) is 4.79 Å². The van der Waals surface area contributed by atoms with Gasteiger partial charge < -0.3 is 9.84 Å². The molecule has 6 nitrogen and oxygen atoms in total. The highest BCUT2D eigenvalue weighted by Crippen LogP contribution is 2.18. The highest BCUT2D eigenvalue weighted by molar-refractivity contribution is 14.1. The third-order valence-corrected chi connectivity index (χ3v) is 2.95. The minimum Gasteiger partial charge on any atom is -0.393 e. The van der Waals surface area contributed by atoms with Crippen LogP contribution < -0.4 is 11.2 Å². The number of halogens is 1. The summed E-state index contributed by atoms with van der Waals surface area (Å²) in [4.78, 5) is 24.8. The Morgan fingerprint density at radius 2 is 2.25 bits per heavy atom. The van der Waals surface area contributed by atoms with E-state index in [0.29, 0.717) is 3.57 Å². The number of H-pyrrole nitrogens is 1. The summed E-state index contributed by atoms with van der Waals surface area (Å²) in [6.07, 6.45) is 3.79. The summed E-state index contributed by atoms with van der Waals surface area (Å²) >= 11 is 1.84. The van der Waals surface area contributed by atoms with Crippen molar-refractivity contribution >= 4 is 22.6 Å². The lowest BCUT2D eigenvalue weighted by Gasteiger charge is -2.14. The molecule has 16 heavy (non-hydrogen) atoms. The number of aliphatic hydroxyl groups is 1. The predicted octanol–water partition coefficient (Wildman–Crippen LogP) is -0.413. The zero-order valence-electron chi connectivity index (χ0n) is 8.09. The second kappa shape index (κ2) is 4.52. The van der Waals surface area contributed by atoms with Crippen LogP contribution in [0.4, 0.5) is 0 Å². The number of aliphatic hydroxyl groups excluding tert-OH is 1. The predicted molar refractivity (Wildman–Crippen MR) is 64.2 cm³/mol. The quantitative estimate of drug-likeness (QED) is 0.568. The van der Waals surface area contributed by atoms with Gasteiger partial charge in [0.15, 0.2) is 6.23 Å². The van der Waals surface area contributed by atoms with Gasteiger partial charge in [-0.15, -0.1) is 0 Å². The highest BCUT2D eigenvalue weighted by Gasteiger charge is 2.21. The maximum Gasteiger partial charge on any atom is 0.330 e. The molecule has 2 atom stereocenters. The monoisotopic (exact) mass is 336 g/mol. The first-order valence-corrected chi connectivity index (χ1v) is 5.65. The number of nitrogens with one attached hydrogen (secondary N) is 1. The lowest BCUT2D eigenvalue weighted by atomic mass is 10.4. The normalized spacial score (nSPS) is 23.9. The summed E-state index contributed by atoms with van der Waals surface area (Å²) in [5.41, 5.74) is -0.943. The average Bonchev–Trinajstić information content (AvgIpc) is 2.71. The SMILES string of the molecule is O=c1[nH]c(=O)n(C2C=C[C@@H](CO)O2)cc1I. The maximum atomic E-state index is 11.5. The Morgan fingerprint density at radius 1 is 1.50 bits per heavy atom. The minimum atomic E-state index is -0.574. The molecule has 0 fully saturated rings. The van der Waals surface area contributed by atoms with Gasteiger partial charge in [0.1, 0.15) is 6.10 Å². The molecule has 0 bridgehead atoms. The van der Waals surface area contributed by atoms with Crippen molar-refractivity contribution in [2.75, 3.05) is 6.61 Å². The number of aromatic nitrogens is 2. The van der Waals surface area contributed by atoms with Crippen molar-refractivity contribution in [3.8, 4) is 0 Å². The second-order valence-electron chi connectivity index (χ2n) is 3.28. The molecule has 0 saturated heterocycles. The molecule has 2 N–H and O–H groups in total. The third kappa shape index (κ3) is 2.11. The Hall–Kier alpha value is -0.930. The minimum absolute atomic E-state index is 0.137. The van der Waals surface area contributed by atoms with E-state index >= 15 is 0 Å². The molecule has 0 saturated carbocycles. The molecule has 1 aromatic heterocycles. The lowest BCUT2D eigenvalue weighted by molar-refractivity contribution is -0.0104. The summed E-state index contributed by atoms with van der Waals surface area (Å²) in [7, 11) is 0. The summed E-state index contributed by atoms with van der Waals surface area (Å²) in [6, 6.07) is 0. The van der Waals surface area contributed by atoms with E-state index in [2.05, 4.69) is 4.98 Å². The molecular weight excluding hydrogens is 327 g/mol. The van der Waals surface area contributed by atoms with Crippen LogP contribution in [0.25, 0.3) is 0 Å². The Balaban J connectivity index is 2.36. The zero-order chi connectivity index (χ0) is 11.7. The van der Waals surface area contributed by atoms with Crippen LogP contribution in [0.3, 0.4) is 0 Å². The van der Waals surface area contributed by atoms with Crippen molar-refractivity contribution in [2.24, 2.45) is 0 Å². The van der Waals surface area contributed by atoms with E-state index < -0.39 is 23.6 Å². The van der Waals surface area contributed by atoms with Gasteiger partial charge in [-0.05, 0) is 28.7 Å². The fourth-order valence-corrected chi connectivity index (χ4v) is 1.84. The van der Waals surface area contributed by atoms with Crippen molar-refractivity contribution in [1.82, 2.24) is 9.55 Å². The van der Waals surface area contributed by atoms with Gasteiger partial charge in [-0.2, -0.15) is 0 Å². The summed E-state index contributed by atoms with van der Waals surface area (Å²) < 4.78 is 7.03. The number of rotatable bonds is 2. The first-order valence-electron chi connectivity index (χ1n) is 4.57. The van der Waals surface area contributed by atoms with E-state index in [1.165, 1.54) is 10.8 Å². The maximum absolute atomic E-state index is 11.5. The van der Waals surface area contributed by atoms with Gasteiger partial charge in [0, 0.05) is 6.20 Å². The molecule has 1 aromatic rings. The summed E-state index contributed by atoms with van der Waals surface area (Å²) in [5, 5.41) is 8.88. The van der Waals surface area contributed by atoms with E-state index in [0.717, 1.165) is 0 Å². The van der Waals surface area contributed by atoms with Gasteiger partial charge in [0.25, 0.3) is 5.56 Å². The molecule has 1 aliphatic rings. The largest absolute Gasteiger partial charge is 0.393 e. The third-order valence-electron chi connectivity index (χ3n) is 2.18. The fraction of sp³-hybridized carbons (Fsp3) is 0.333. The van der Waals surface area contributed by atoms with E-state index in [1.54, 1.807) is 12.2 Å². The van der Waals surface area contributed by atoms with Crippen LogP contribution in [-0.2, 0) is 4.74 Å². The molecule has 86 valence electrons. The average molecular weight is 336 g/mol. The fourth-order valence-electron chi connectivity index (χ4n) is 1.40.